The summed E-state index contributed by atoms with van der Waals surface area (Å²) >= 11 is 1.30. The van der Waals surface area contributed by atoms with E-state index in [1.165, 1.54) is 25.1 Å². The van der Waals surface area contributed by atoms with E-state index < -0.39 is 5.97 Å². The van der Waals surface area contributed by atoms with Crippen LogP contribution in [-0.2, 0) is 9.53 Å². The van der Waals surface area contributed by atoms with Crippen LogP contribution in [0.2, 0.25) is 0 Å². The first-order valence-electron chi connectivity index (χ1n) is 5.82. The van der Waals surface area contributed by atoms with Crippen LogP contribution >= 0.6 is 11.8 Å². The Labute approximate surface area is 120 Å². The average Bonchev–Trinajstić information content (AvgIpc) is 2.83. The van der Waals surface area contributed by atoms with Gasteiger partial charge in [-0.1, -0.05) is 17.8 Å². The molecule has 2 rings (SSSR count). The predicted octanol–water partition coefficient (Wildman–Crippen LogP) is 1.33. The summed E-state index contributed by atoms with van der Waals surface area (Å²) in [7, 11) is 1.34. The first-order chi connectivity index (χ1) is 9.58. The van der Waals surface area contributed by atoms with Gasteiger partial charge in [-0.25, -0.2) is 4.79 Å². The van der Waals surface area contributed by atoms with Crippen LogP contribution in [0.4, 0.5) is 0 Å². The normalized spacial score (nSPS) is 16.7. The molecule has 6 nitrogen and oxygen atoms in total. The largest absolute Gasteiger partial charge is 0.465 e. The van der Waals surface area contributed by atoms with Crippen molar-refractivity contribution in [2.75, 3.05) is 12.9 Å². The first kappa shape index (κ1) is 14.3. The van der Waals surface area contributed by atoms with Crippen molar-refractivity contribution >= 4 is 35.0 Å². The molecule has 0 spiro atoms. The van der Waals surface area contributed by atoms with Gasteiger partial charge < -0.3 is 10.1 Å². The van der Waals surface area contributed by atoms with Crippen molar-refractivity contribution in [1.29, 1.82) is 0 Å². The van der Waals surface area contributed by atoms with Crippen LogP contribution in [0.15, 0.2) is 28.4 Å². The van der Waals surface area contributed by atoms with Crippen LogP contribution in [0.1, 0.15) is 21.5 Å². The van der Waals surface area contributed by atoms with E-state index >= 15 is 0 Å². The van der Waals surface area contributed by atoms with Crippen molar-refractivity contribution in [1.82, 2.24) is 5.32 Å². The predicted molar refractivity (Wildman–Crippen MR) is 78.1 cm³/mol. The van der Waals surface area contributed by atoms with Gasteiger partial charge in [0.1, 0.15) is 0 Å². The van der Waals surface area contributed by atoms with Crippen LogP contribution in [0.25, 0.3) is 0 Å². The number of nitrogens with one attached hydrogen (secondary N) is 1. The molecule has 104 valence electrons. The topological polar surface area (TPSA) is 80.1 Å². The van der Waals surface area contributed by atoms with Crippen molar-refractivity contribution in [3.05, 3.63) is 34.9 Å². The van der Waals surface area contributed by atoms with Gasteiger partial charge in [0.25, 0.3) is 0 Å². The third-order valence-corrected chi connectivity index (χ3v) is 3.33. The molecule has 0 bridgehead atoms. The van der Waals surface area contributed by atoms with Gasteiger partial charge in [0.15, 0.2) is 5.17 Å². The van der Waals surface area contributed by atoms with Crippen molar-refractivity contribution in [2.24, 2.45) is 10.2 Å². The number of amides is 1. The Bertz CT molecular complexity index is 611. The summed E-state index contributed by atoms with van der Waals surface area (Å²) in [6.07, 6.45) is 1.53. The van der Waals surface area contributed by atoms with E-state index in [0.717, 1.165) is 11.1 Å². The number of hydrogen-bond donors (Lipinski definition) is 1. The highest BCUT2D eigenvalue weighted by Gasteiger charge is 2.15. The quantitative estimate of drug-likeness (QED) is 0.517. The molecule has 0 atom stereocenters. The number of thioether (sulfide) groups is 1. The number of rotatable bonds is 3. The molecule has 1 aromatic rings. The summed E-state index contributed by atoms with van der Waals surface area (Å²) in [4.78, 5) is 22.5. The number of aryl methyl sites for hydroxylation is 1. The number of carbonyl (C=O) groups excluding carboxylic acids is 2. The highest BCUT2D eigenvalue weighted by molar-refractivity contribution is 8.15. The van der Waals surface area contributed by atoms with Crippen LogP contribution in [-0.4, -0.2) is 36.1 Å². The second-order valence-corrected chi connectivity index (χ2v) is 5.07. The van der Waals surface area contributed by atoms with Crippen LogP contribution < -0.4 is 5.32 Å². The summed E-state index contributed by atoms with van der Waals surface area (Å²) < 4.78 is 4.68. The molecule has 7 heteroatoms. The van der Waals surface area contributed by atoms with Crippen LogP contribution in [0, 0.1) is 6.92 Å². The van der Waals surface area contributed by atoms with Crippen LogP contribution in [0.3, 0.4) is 0 Å². The molecule has 1 fully saturated rings. The van der Waals surface area contributed by atoms with Gasteiger partial charge in [-0.15, -0.1) is 5.10 Å². The zero-order chi connectivity index (χ0) is 14.5. The highest BCUT2D eigenvalue weighted by atomic mass is 32.2. The number of nitrogens with zero attached hydrogens (tertiary/aromatic N) is 2. The molecule has 1 heterocycles. The molecule has 0 unspecified atom stereocenters. The van der Waals surface area contributed by atoms with E-state index in [4.69, 9.17) is 0 Å². The van der Waals surface area contributed by atoms with E-state index in [-0.39, 0.29) is 5.91 Å². The molecule has 0 aliphatic carbocycles. The highest BCUT2D eigenvalue weighted by Crippen LogP contribution is 2.11. The SMILES string of the molecule is COC(=O)c1cc(C)cc(C=NN=C2NC(=O)CS2)c1. The van der Waals surface area contributed by atoms with Gasteiger partial charge in [-0.3, -0.25) is 4.79 Å². The second-order valence-electron chi connectivity index (χ2n) is 4.11. The third-order valence-electron chi connectivity index (χ3n) is 2.46. The molecule has 0 radical (unpaired) electrons. The maximum Gasteiger partial charge on any atom is 0.337 e. The fraction of sp³-hybridized carbons (Fsp3) is 0.231. The Morgan fingerprint density at radius 1 is 1.45 bits per heavy atom. The van der Waals surface area contributed by atoms with E-state index in [9.17, 15) is 9.59 Å². The molecule has 1 aliphatic heterocycles. The molecule has 0 saturated carbocycles. The average molecular weight is 291 g/mol. The number of methoxy groups -OCH3 is 1. The Hall–Kier alpha value is -2.15. The zero-order valence-electron chi connectivity index (χ0n) is 11.0. The summed E-state index contributed by atoms with van der Waals surface area (Å²) in [5.41, 5.74) is 2.12. The minimum atomic E-state index is -0.395. The molecule has 1 aromatic carbocycles. The lowest BCUT2D eigenvalue weighted by Gasteiger charge is -2.02. The lowest BCUT2D eigenvalue weighted by atomic mass is 10.1. The van der Waals surface area contributed by atoms with Gasteiger partial charge >= 0.3 is 5.97 Å². The molecule has 1 aliphatic rings. The van der Waals surface area contributed by atoms with Gasteiger partial charge in [0, 0.05) is 0 Å². The smallest absolute Gasteiger partial charge is 0.337 e. The second kappa shape index (κ2) is 6.33. The van der Waals surface area contributed by atoms with Crippen molar-refractivity contribution in [2.45, 2.75) is 6.92 Å². The molecule has 1 saturated heterocycles. The lowest BCUT2D eigenvalue weighted by molar-refractivity contribution is -0.116. The minimum Gasteiger partial charge on any atom is -0.465 e. The first-order valence-corrected chi connectivity index (χ1v) is 6.81. The Morgan fingerprint density at radius 2 is 2.25 bits per heavy atom. The van der Waals surface area contributed by atoms with Gasteiger partial charge in [-0.2, -0.15) is 5.10 Å². The lowest BCUT2D eigenvalue weighted by Crippen LogP contribution is -2.19. The number of benzene rings is 1. The van der Waals surface area contributed by atoms with Gasteiger partial charge in [0.2, 0.25) is 5.91 Å². The number of ether oxygens (including phenoxy) is 1. The fourth-order valence-corrected chi connectivity index (χ4v) is 2.28. The maximum atomic E-state index is 11.5. The summed E-state index contributed by atoms with van der Waals surface area (Å²) in [5.74, 6) is -0.105. The summed E-state index contributed by atoms with van der Waals surface area (Å²) in [6, 6.07) is 5.28. The monoisotopic (exact) mass is 291 g/mol. The number of esters is 1. The van der Waals surface area contributed by atoms with E-state index in [1.54, 1.807) is 12.1 Å². The molecular formula is C13H13N3O3S. The molecule has 20 heavy (non-hydrogen) atoms. The molecule has 1 N–H and O–H groups in total. The zero-order valence-corrected chi connectivity index (χ0v) is 11.9. The van der Waals surface area contributed by atoms with E-state index in [0.29, 0.717) is 16.5 Å². The van der Waals surface area contributed by atoms with Gasteiger partial charge in [0.05, 0.1) is 24.6 Å². The summed E-state index contributed by atoms with van der Waals surface area (Å²) in [6.45, 7) is 1.88. The third kappa shape index (κ3) is 3.67. The maximum absolute atomic E-state index is 11.5. The fourth-order valence-electron chi connectivity index (χ4n) is 1.65. The van der Waals surface area contributed by atoms with E-state index in [2.05, 4.69) is 20.3 Å². The number of amidine groups is 1. The number of hydrogen-bond acceptors (Lipinski definition) is 6. The molecule has 0 aromatic heterocycles. The Balaban J connectivity index is 2.15. The van der Waals surface area contributed by atoms with Crippen LogP contribution in [0.5, 0.6) is 0 Å². The molecule has 1 amide bonds. The Morgan fingerprint density at radius 3 is 2.90 bits per heavy atom. The summed E-state index contributed by atoms with van der Waals surface area (Å²) in [5, 5.41) is 10.9. The number of carbonyl (C=O) groups is 2. The van der Waals surface area contributed by atoms with Crippen molar-refractivity contribution in [3.8, 4) is 0 Å². The van der Waals surface area contributed by atoms with E-state index in [1.807, 2.05) is 13.0 Å². The van der Waals surface area contributed by atoms with Crippen molar-refractivity contribution < 1.29 is 14.3 Å². The standard InChI is InChI=1S/C13H13N3O3S/c1-8-3-9(5-10(4-8)12(18)19-2)6-14-16-13-15-11(17)7-20-13/h3-6H,7H2,1-2H3,(H,15,16,17). The van der Waals surface area contributed by atoms with Crippen molar-refractivity contribution in [3.63, 3.8) is 0 Å². The van der Waals surface area contributed by atoms with Gasteiger partial charge in [-0.05, 0) is 30.2 Å². The Kier molecular flexibility index (Phi) is 4.52. The molecular weight excluding hydrogens is 278 g/mol. The minimum absolute atomic E-state index is 0.0764.